The van der Waals surface area contributed by atoms with Gasteiger partial charge in [0.05, 0.1) is 11.5 Å². The highest BCUT2D eigenvalue weighted by atomic mass is 35.5. The number of oxazole rings is 1. The Labute approximate surface area is 222 Å². The molecule has 5 rings (SSSR count). The third-order valence-electron chi connectivity index (χ3n) is 6.32. The molecule has 9 heteroatoms. The lowest BCUT2D eigenvalue weighted by molar-refractivity contribution is 0.340. The lowest BCUT2D eigenvalue weighted by atomic mass is 10.2. The van der Waals surface area contributed by atoms with Crippen LogP contribution < -0.4 is 14.5 Å². The van der Waals surface area contributed by atoms with Crippen molar-refractivity contribution in [2.45, 2.75) is 23.8 Å². The van der Waals surface area contributed by atoms with E-state index in [1.54, 1.807) is 24.3 Å². The van der Waals surface area contributed by atoms with Crippen molar-refractivity contribution in [3.8, 4) is 17.2 Å². The number of hydrogen-bond acceptors (Lipinski definition) is 7. The lowest BCUT2D eigenvalue weighted by Gasteiger charge is -2.36. The molecule has 192 valence electrons. The van der Waals surface area contributed by atoms with Crippen LogP contribution in [0.1, 0.15) is 12.5 Å². The van der Waals surface area contributed by atoms with Crippen molar-refractivity contribution in [3.05, 3.63) is 83.4 Å². The van der Waals surface area contributed by atoms with E-state index in [0.717, 1.165) is 17.0 Å². The third-order valence-corrected chi connectivity index (χ3v) is 8.22. The number of aryl methyl sites for hydroxylation is 1. The standard InChI is InChI=1S/C28H28ClN3O4S/c1-3-35-24-11-9-21(10-12-24)26-30-27(37(33,34)25-13-7-20(2)8-14-25)28(36-26)32-17-15-31(16-18-32)23-6-4-5-22(29)19-23/h4-14,19H,3,15-18H2,1-2H3. The van der Waals surface area contributed by atoms with E-state index >= 15 is 0 Å². The summed E-state index contributed by atoms with van der Waals surface area (Å²) in [6.07, 6.45) is 0. The van der Waals surface area contributed by atoms with Crippen LogP contribution >= 0.6 is 11.6 Å². The van der Waals surface area contributed by atoms with Gasteiger partial charge in [-0.3, -0.25) is 0 Å². The van der Waals surface area contributed by atoms with Crippen molar-refractivity contribution >= 4 is 33.0 Å². The second kappa shape index (κ2) is 10.5. The quantitative estimate of drug-likeness (QED) is 0.292. The Balaban J connectivity index is 1.49. The molecule has 0 saturated carbocycles. The van der Waals surface area contributed by atoms with E-state index in [4.69, 9.17) is 20.8 Å². The van der Waals surface area contributed by atoms with Gasteiger partial charge < -0.3 is 19.0 Å². The van der Waals surface area contributed by atoms with Gasteiger partial charge in [0.15, 0.2) is 0 Å². The number of rotatable bonds is 7. The summed E-state index contributed by atoms with van der Waals surface area (Å²) in [5.41, 5.74) is 2.69. The van der Waals surface area contributed by atoms with Gasteiger partial charge >= 0.3 is 0 Å². The van der Waals surface area contributed by atoms with Gasteiger partial charge in [0.25, 0.3) is 0 Å². The predicted molar refractivity (Wildman–Crippen MR) is 146 cm³/mol. The zero-order valence-electron chi connectivity index (χ0n) is 20.7. The minimum Gasteiger partial charge on any atom is -0.494 e. The van der Waals surface area contributed by atoms with Crippen molar-refractivity contribution in [1.29, 1.82) is 0 Å². The van der Waals surface area contributed by atoms with E-state index in [1.807, 2.05) is 67.3 Å². The predicted octanol–water partition coefficient (Wildman–Crippen LogP) is 5.86. The van der Waals surface area contributed by atoms with Crippen LogP contribution in [0.5, 0.6) is 5.75 Å². The minimum atomic E-state index is -3.91. The third kappa shape index (κ3) is 5.31. The number of aromatic nitrogens is 1. The second-order valence-electron chi connectivity index (χ2n) is 8.86. The van der Waals surface area contributed by atoms with Gasteiger partial charge in [0, 0.05) is 42.5 Å². The maximum atomic E-state index is 13.7. The Bertz CT molecular complexity index is 1480. The number of ether oxygens (including phenoxy) is 1. The largest absolute Gasteiger partial charge is 0.494 e. The normalized spacial score (nSPS) is 14.1. The maximum Gasteiger partial charge on any atom is 0.236 e. The van der Waals surface area contributed by atoms with Crippen LogP contribution in [0.2, 0.25) is 5.02 Å². The fraction of sp³-hybridized carbons (Fsp3) is 0.250. The van der Waals surface area contributed by atoms with Crippen LogP contribution in [-0.4, -0.2) is 46.2 Å². The van der Waals surface area contributed by atoms with Gasteiger partial charge in [0.1, 0.15) is 5.75 Å². The molecule has 0 unspecified atom stereocenters. The Morgan fingerprint density at radius 3 is 2.27 bits per heavy atom. The highest BCUT2D eigenvalue weighted by Crippen LogP contribution is 2.36. The number of hydrogen-bond donors (Lipinski definition) is 0. The monoisotopic (exact) mass is 537 g/mol. The van der Waals surface area contributed by atoms with Crippen LogP contribution in [0, 0.1) is 6.92 Å². The lowest BCUT2D eigenvalue weighted by Crippen LogP contribution is -2.46. The van der Waals surface area contributed by atoms with Gasteiger partial charge in [-0.25, -0.2) is 8.42 Å². The molecule has 1 saturated heterocycles. The Hall–Kier alpha value is -3.49. The van der Waals surface area contributed by atoms with E-state index in [-0.39, 0.29) is 21.7 Å². The Kier molecular flexibility index (Phi) is 7.13. The first kappa shape index (κ1) is 25.2. The summed E-state index contributed by atoms with van der Waals surface area (Å²) in [5, 5.41) is 0.609. The highest BCUT2D eigenvalue weighted by Gasteiger charge is 2.33. The van der Waals surface area contributed by atoms with Crippen LogP contribution in [0.3, 0.4) is 0 Å². The van der Waals surface area contributed by atoms with Crippen molar-refractivity contribution in [2.24, 2.45) is 0 Å². The van der Waals surface area contributed by atoms with Gasteiger partial charge in [-0.15, -0.1) is 0 Å². The second-order valence-corrected chi connectivity index (χ2v) is 11.2. The topological polar surface area (TPSA) is 75.9 Å². The summed E-state index contributed by atoms with van der Waals surface area (Å²) in [7, 11) is -3.91. The molecule has 0 atom stereocenters. The van der Waals surface area contributed by atoms with Crippen molar-refractivity contribution in [1.82, 2.24) is 4.98 Å². The highest BCUT2D eigenvalue weighted by molar-refractivity contribution is 7.91. The molecule has 0 N–H and O–H groups in total. The Morgan fingerprint density at radius 1 is 0.946 bits per heavy atom. The molecular formula is C28H28ClN3O4S. The van der Waals surface area contributed by atoms with Crippen LogP contribution in [0.4, 0.5) is 11.6 Å². The minimum absolute atomic E-state index is 0.0727. The fourth-order valence-electron chi connectivity index (χ4n) is 4.33. The average molecular weight is 538 g/mol. The number of piperazine rings is 1. The summed E-state index contributed by atoms with van der Waals surface area (Å²) in [4.78, 5) is 8.88. The van der Waals surface area contributed by atoms with Crippen LogP contribution in [0.25, 0.3) is 11.5 Å². The average Bonchev–Trinajstić information content (AvgIpc) is 3.36. The molecule has 0 aliphatic carbocycles. The molecule has 0 amide bonds. The molecule has 7 nitrogen and oxygen atoms in total. The van der Waals surface area contributed by atoms with Crippen molar-refractivity contribution < 1.29 is 17.6 Å². The van der Waals surface area contributed by atoms with Crippen molar-refractivity contribution in [2.75, 3.05) is 42.6 Å². The molecule has 2 heterocycles. The Morgan fingerprint density at radius 2 is 1.62 bits per heavy atom. The number of benzene rings is 3. The van der Waals surface area contributed by atoms with Crippen LogP contribution in [-0.2, 0) is 9.84 Å². The van der Waals surface area contributed by atoms with Gasteiger partial charge in [0.2, 0.25) is 26.6 Å². The number of nitrogens with zero attached hydrogens (tertiary/aromatic N) is 3. The summed E-state index contributed by atoms with van der Waals surface area (Å²) in [5.74, 6) is 1.24. The van der Waals surface area contributed by atoms with Crippen molar-refractivity contribution in [3.63, 3.8) is 0 Å². The molecule has 1 aromatic heterocycles. The molecule has 0 radical (unpaired) electrons. The number of sulfone groups is 1. The molecule has 0 spiro atoms. The van der Waals surface area contributed by atoms with Gasteiger partial charge in [-0.1, -0.05) is 35.4 Å². The fourth-order valence-corrected chi connectivity index (χ4v) is 5.83. The van der Waals surface area contributed by atoms with E-state index < -0.39 is 9.84 Å². The summed E-state index contributed by atoms with van der Waals surface area (Å²) < 4.78 is 39.2. The molecule has 1 aliphatic rings. The SMILES string of the molecule is CCOc1ccc(-c2nc(S(=O)(=O)c3ccc(C)cc3)c(N3CCN(c4cccc(Cl)c4)CC3)o2)cc1. The van der Waals surface area contributed by atoms with Gasteiger partial charge in [-0.2, -0.15) is 4.98 Å². The summed E-state index contributed by atoms with van der Waals surface area (Å²) >= 11 is 6.18. The van der Waals surface area contributed by atoms with E-state index in [1.165, 1.54) is 0 Å². The molecule has 0 bridgehead atoms. The maximum absolute atomic E-state index is 13.7. The first-order valence-electron chi connectivity index (χ1n) is 12.2. The summed E-state index contributed by atoms with van der Waals surface area (Å²) in [6.45, 7) is 6.90. The zero-order chi connectivity index (χ0) is 26.0. The smallest absolute Gasteiger partial charge is 0.236 e. The molecule has 1 aliphatic heterocycles. The van der Waals surface area contributed by atoms with E-state index in [2.05, 4.69) is 9.88 Å². The van der Waals surface area contributed by atoms with E-state index in [0.29, 0.717) is 43.4 Å². The van der Waals surface area contributed by atoms with Gasteiger partial charge in [-0.05, 0) is 68.4 Å². The van der Waals surface area contributed by atoms with E-state index in [9.17, 15) is 8.42 Å². The molecule has 37 heavy (non-hydrogen) atoms. The zero-order valence-corrected chi connectivity index (χ0v) is 22.3. The molecule has 4 aromatic rings. The number of halogens is 1. The first-order chi connectivity index (χ1) is 17.8. The number of anilines is 2. The molecular weight excluding hydrogens is 510 g/mol. The first-order valence-corrected chi connectivity index (χ1v) is 14.0. The molecule has 1 fully saturated rings. The van der Waals surface area contributed by atoms with Crippen LogP contribution in [0.15, 0.2) is 87.1 Å². The summed E-state index contributed by atoms with van der Waals surface area (Å²) in [6, 6.07) is 21.8. The molecule has 3 aromatic carbocycles.